The van der Waals surface area contributed by atoms with Crippen molar-refractivity contribution in [2.24, 2.45) is 0 Å². The Morgan fingerprint density at radius 1 is 1.53 bits per heavy atom. The van der Waals surface area contributed by atoms with E-state index in [9.17, 15) is 4.79 Å². The third-order valence-corrected chi connectivity index (χ3v) is 2.65. The molecule has 0 aliphatic carbocycles. The van der Waals surface area contributed by atoms with Gasteiger partial charge in [0.1, 0.15) is 11.3 Å². The summed E-state index contributed by atoms with van der Waals surface area (Å²) in [6, 6.07) is 3.68. The molecule has 3 aromatic rings. The lowest BCUT2D eigenvalue weighted by atomic mass is 10.3. The molecule has 3 rings (SSSR count). The normalized spacial score (nSPS) is 11.1. The molecule has 0 saturated carbocycles. The summed E-state index contributed by atoms with van der Waals surface area (Å²) >= 11 is 0. The molecule has 5 nitrogen and oxygen atoms in total. The van der Waals surface area contributed by atoms with Crippen molar-refractivity contribution in [2.45, 2.75) is 6.92 Å². The second kappa shape index (κ2) is 3.62. The van der Waals surface area contributed by atoms with Crippen LogP contribution in [0.4, 0.5) is 0 Å². The predicted molar refractivity (Wildman–Crippen MR) is 63.0 cm³/mol. The Morgan fingerprint density at radius 2 is 2.41 bits per heavy atom. The van der Waals surface area contributed by atoms with E-state index >= 15 is 0 Å². The van der Waals surface area contributed by atoms with Gasteiger partial charge in [-0.25, -0.2) is 9.78 Å². The molecule has 17 heavy (non-hydrogen) atoms. The number of carbonyl (C=O) groups is 1. The Balaban J connectivity index is 2.20. The van der Waals surface area contributed by atoms with Crippen molar-refractivity contribution in [2.75, 3.05) is 6.61 Å². The van der Waals surface area contributed by atoms with Crippen molar-refractivity contribution in [3.05, 3.63) is 36.4 Å². The van der Waals surface area contributed by atoms with E-state index in [1.807, 2.05) is 22.9 Å². The fourth-order valence-electron chi connectivity index (χ4n) is 1.90. The minimum atomic E-state index is -0.339. The first-order valence-corrected chi connectivity index (χ1v) is 5.41. The van der Waals surface area contributed by atoms with E-state index < -0.39 is 0 Å². The van der Waals surface area contributed by atoms with Gasteiger partial charge in [-0.05, 0) is 19.1 Å². The summed E-state index contributed by atoms with van der Waals surface area (Å²) < 4.78 is 6.86. The third kappa shape index (κ3) is 1.47. The van der Waals surface area contributed by atoms with Crippen molar-refractivity contribution in [1.82, 2.24) is 14.4 Å². The van der Waals surface area contributed by atoms with E-state index in [1.54, 1.807) is 19.2 Å². The van der Waals surface area contributed by atoms with Gasteiger partial charge in [-0.15, -0.1) is 0 Å². The fourth-order valence-corrected chi connectivity index (χ4v) is 1.90. The molecule has 0 aliphatic rings. The van der Waals surface area contributed by atoms with Gasteiger partial charge in [0.25, 0.3) is 0 Å². The monoisotopic (exact) mass is 229 g/mol. The molecule has 0 fully saturated rings. The molecular formula is C12H11N3O2. The van der Waals surface area contributed by atoms with E-state index in [-0.39, 0.29) is 5.97 Å². The summed E-state index contributed by atoms with van der Waals surface area (Å²) in [4.78, 5) is 18.9. The Bertz CT molecular complexity index is 696. The second-order valence-corrected chi connectivity index (χ2v) is 3.70. The molecule has 0 atom stereocenters. The van der Waals surface area contributed by atoms with E-state index in [4.69, 9.17) is 4.74 Å². The number of hydrogen-bond donors (Lipinski definition) is 1. The van der Waals surface area contributed by atoms with Gasteiger partial charge in [0.05, 0.1) is 12.1 Å². The van der Waals surface area contributed by atoms with Crippen LogP contribution in [0.15, 0.2) is 30.7 Å². The first-order chi connectivity index (χ1) is 8.29. The lowest BCUT2D eigenvalue weighted by Crippen LogP contribution is -2.04. The number of fused-ring (bicyclic) bond motifs is 3. The highest BCUT2D eigenvalue weighted by atomic mass is 16.5. The summed E-state index contributed by atoms with van der Waals surface area (Å²) in [6.45, 7) is 2.15. The minimum absolute atomic E-state index is 0.339. The van der Waals surface area contributed by atoms with E-state index in [1.165, 1.54) is 0 Å². The molecule has 0 aliphatic heterocycles. The van der Waals surface area contributed by atoms with E-state index in [2.05, 4.69) is 9.97 Å². The van der Waals surface area contributed by atoms with Crippen LogP contribution >= 0.6 is 0 Å². The van der Waals surface area contributed by atoms with Gasteiger partial charge in [0.15, 0.2) is 0 Å². The van der Waals surface area contributed by atoms with Crippen LogP contribution in [0, 0.1) is 0 Å². The third-order valence-electron chi connectivity index (χ3n) is 2.65. The number of nitrogens with one attached hydrogen (secondary N) is 1. The number of ether oxygens (including phenoxy) is 1. The maximum Gasteiger partial charge on any atom is 0.354 e. The predicted octanol–water partition coefficient (Wildman–Crippen LogP) is 1.99. The van der Waals surface area contributed by atoms with Crippen LogP contribution in [0.2, 0.25) is 0 Å². The van der Waals surface area contributed by atoms with Gasteiger partial charge >= 0.3 is 5.97 Å². The second-order valence-electron chi connectivity index (χ2n) is 3.70. The topological polar surface area (TPSA) is 59.4 Å². The Hall–Kier alpha value is -2.30. The van der Waals surface area contributed by atoms with Crippen molar-refractivity contribution in [1.29, 1.82) is 0 Å². The largest absolute Gasteiger partial charge is 0.461 e. The standard InChI is InChI=1S/C12H11N3O2/c1-2-17-12(16)10-7-8-9(14-10)3-5-15-6-4-13-11(8)15/h3-7,14H,2H2,1H3. The molecule has 3 heterocycles. The average Bonchev–Trinajstić information content (AvgIpc) is 2.94. The maximum atomic E-state index is 11.6. The van der Waals surface area contributed by atoms with Crippen LogP contribution in [0.1, 0.15) is 17.4 Å². The highest BCUT2D eigenvalue weighted by Crippen LogP contribution is 2.20. The number of imidazole rings is 1. The summed E-state index contributed by atoms with van der Waals surface area (Å²) in [6.07, 6.45) is 5.49. The maximum absolute atomic E-state index is 11.6. The van der Waals surface area contributed by atoms with Gasteiger partial charge < -0.3 is 14.1 Å². The van der Waals surface area contributed by atoms with Crippen molar-refractivity contribution < 1.29 is 9.53 Å². The van der Waals surface area contributed by atoms with Crippen molar-refractivity contribution in [3.8, 4) is 0 Å². The number of rotatable bonds is 2. The van der Waals surface area contributed by atoms with Crippen LogP contribution in [-0.2, 0) is 4.74 Å². The SMILES string of the molecule is CCOC(=O)c1cc2c(ccn3ccnc23)[nH]1. The molecule has 0 spiro atoms. The summed E-state index contributed by atoms with van der Waals surface area (Å²) in [7, 11) is 0. The van der Waals surface area contributed by atoms with Crippen LogP contribution in [0.3, 0.4) is 0 Å². The number of pyridine rings is 1. The van der Waals surface area contributed by atoms with Crippen LogP contribution in [-0.4, -0.2) is 26.9 Å². The quantitative estimate of drug-likeness (QED) is 0.683. The van der Waals surface area contributed by atoms with Crippen molar-refractivity contribution in [3.63, 3.8) is 0 Å². The summed E-state index contributed by atoms with van der Waals surface area (Å²) in [5.74, 6) is -0.339. The van der Waals surface area contributed by atoms with Crippen LogP contribution < -0.4 is 0 Å². The van der Waals surface area contributed by atoms with Crippen LogP contribution in [0.25, 0.3) is 16.6 Å². The highest BCUT2D eigenvalue weighted by molar-refractivity contribution is 5.99. The number of carbonyl (C=O) groups excluding carboxylic acids is 1. The van der Waals surface area contributed by atoms with Crippen molar-refractivity contribution >= 4 is 22.5 Å². The van der Waals surface area contributed by atoms with Gasteiger partial charge in [0.2, 0.25) is 0 Å². The molecule has 0 amide bonds. The zero-order chi connectivity index (χ0) is 11.8. The Labute approximate surface area is 97.0 Å². The first kappa shape index (κ1) is 9.89. The Kier molecular flexibility index (Phi) is 2.11. The zero-order valence-corrected chi connectivity index (χ0v) is 9.30. The number of aromatic nitrogens is 3. The minimum Gasteiger partial charge on any atom is -0.461 e. The van der Waals surface area contributed by atoms with E-state index in [0.717, 1.165) is 16.6 Å². The molecule has 0 bridgehead atoms. The number of nitrogens with zero attached hydrogens (tertiary/aromatic N) is 2. The molecule has 0 saturated heterocycles. The zero-order valence-electron chi connectivity index (χ0n) is 9.30. The molecule has 0 aromatic carbocycles. The van der Waals surface area contributed by atoms with E-state index in [0.29, 0.717) is 12.3 Å². The first-order valence-electron chi connectivity index (χ1n) is 5.41. The number of esters is 1. The van der Waals surface area contributed by atoms with Gasteiger partial charge in [-0.3, -0.25) is 0 Å². The summed E-state index contributed by atoms with van der Waals surface area (Å²) in [5.41, 5.74) is 2.17. The van der Waals surface area contributed by atoms with Crippen LogP contribution in [0.5, 0.6) is 0 Å². The smallest absolute Gasteiger partial charge is 0.354 e. The molecule has 0 unspecified atom stereocenters. The molecule has 5 heteroatoms. The van der Waals surface area contributed by atoms with Gasteiger partial charge in [-0.2, -0.15) is 0 Å². The number of aromatic amines is 1. The molecule has 3 aromatic heterocycles. The fraction of sp³-hybridized carbons (Fsp3) is 0.167. The van der Waals surface area contributed by atoms with Gasteiger partial charge in [0, 0.05) is 24.0 Å². The summed E-state index contributed by atoms with van der Waals surface area (Å²) in [5, 5.41) is 0.917. The Morgan fingerprint density at radius 3 is 3.24 bits per heavy atom. The molecule has 86 valence electrons. The number of hydrogen-bond acceptors (Lipinski definition) is 3. The molecule has 0 radical (unpaired) electrons. The van der Waals surface area contributed by atoms with Gasteiger partial charge in [-0.1, -0.05) is 0 Å². The molecular weight excluding hydrogens is 218 g/mol. The lowest BCUT2D eigenvalue weighted by molar-refractivity contribution is 0.0520. The lowest BCUT2D eigenvalue weighted by Gasteiger charge is -1.96. The highest BCUT2D eigenvalue weighted by Gasteiger charge is 2.12. The number of H-pyrrole nitrogens is 1. The molecule has 1 N–H and O–H groups in total. The average molecular weight is 229 g/mol.